The summed E-state index contributed by atoms with van der Waals surface area (Å²) in [6.07, 6.45) is 5.79. The molecule has 1 N–H and O–H groups in total. The first kappa shape index (κ1) is 8.32. The largest absolute Gasteiger partial charge is 0.361 e. The van der Waals surface area contributed by atoms with E-state index >= 15 is 0 Å². The van der Waals surface area contributed by atoms with E-state index in [0.29, 0.717) is 0 Å². The van der Waals surface area contributed by atoms with Gasteiger partial charge < -0.3 is 4.98 Å². The Balaban J connectivity index is 2.53. The number of halogens is 1. The Morgan fingerprint density at radius 3 is 2.85 bits per heavy atom. The van der Waals surface area contributed by atoms with Crippen LogP contribution in [0.25, 0.3) is 11.3 Å². The lowest BCUT2D eigenvalue weighted by Gasteiger charge is -1.96. The van der Waals surface area contributed by atoms with E-state index in [2.05, 4.69) is 4.98 Å². The van der Waals surface area contributed by atoms with Crippen molar-refractivity contribution in [1.29, 1.82) is 0 Å². The fraction of sp³-hybridized carbons (Fsp3) is 0.100. The van der Waals surface area contributed by atoms with Crippen molar-refractivity contribution in [3.05, 3.63) is 41.8 Å². The summed E-state index contributed by atoms with van der Waals surface area (Å²) in [5, 5.41) is 0.745. The Labute approximate surface area is 81.8 Å². The summed E-state index contributed by atoms with van der Waals surface area (Å²) < 4.78 is 1.94. The van der Waals surface area contributed by atoms with Crippen molar-refractivity contribution in [3.8, 4) is 11.3 Å². The fourth-order valence-corrected chi connectivity index (χ4v) is 1.60. The zero-order valence-corrected chi connectivity index (χ0v) is 8.05. The number of hydrogen-bond acceptors (Lipinski definition) is 0. The lowest BCUT2D eigenvalue weighted by molar-refractivity contribution is -0.670. The highest BCUT2D eigenvalue weighted by Gasteiger charge is 2.04. The third-order valence-corrected chi connectivity index (χ3v) is 2.08. The molecule has 2 heterocycles. The number of nitrogens with zero attached hydrogens (tertiary/aromatic N) is 1. The van der Waals surface area contributed by atoms with Gasteiger partial charge in [0.15, 0.2) is 12.4 Å². The molecule has 0 bridgehead atoms. The van der Waals surface area contributed by atoms with Crippen molar-refractivity contribution in [3.63, 3.8) is 0 Å². The molecule has 66 valence electrons. The van der Waals surface area contributed by atoms with Gasteiger partial charge in [-0.05, 0) is 18.2 Å². The Bertz CT molecular complexity index is 387. The molecule has 0 spiro atoms. The maximum Gasteiger partial charge on any atom is 0.187 e. The van der Waals surface area contributed by atoms with E-state index in [4.69, 9.17) is 11.6 Å². The van der Waals surface area contributed by atoms with Crippen molar-refractivity contribution in [2.24, 2.45) is 7.05 Å². The highest BCUT2D eigenvalue weighted by molar-refractivity contribution is 6.30. The summed E-state index contributed by atoms with van der Waals surface area (Å²) in [5.41, 5.74) is 2.18. The van der Waals surface area contributed by atoms with Gasteiger partial charge in [-0.2, -0.15) is 0 Å². The molecule has 0 saturated carbocycles. The molecule has 0 unspecified atom stereocenters. The standard InChI is InChI=1S/C10H10ClN2/c1-13-6-8(5-9(11)7-13)10-3-2-4-12-10/h2-7,12H,1H3/q+1. The van der Waals surface area contributed by atoms with Gasteiger partial charge in [-0.25, -0.2) is 4.57 Å². The third-order valence-electron chi connectivity index (χ3n) is 1.87. The quantitative estimate of drug-likeness (QED) is 0.670. The fourth-order valence-electron chi connectivity index (χ4n) is 1.33. The third kappa shape index (κ3) is 1.73. The molecular weight excluding hydrogens is 184 g/mol. The summed E-state index contributed by atoms with van der Waals surface area (Å²) in [6.45, 7) is 0. The molecule has 3 heteroatoms. The van der Waals surface area contributed by atoms with Gasteiger partial charge in [0.25, 0.3) is 0 Å². The van der Waals surface area contributed by atoms with Crippen LogP contribution in [0.15, 0.2) is 36.8 Å². The Hall–Kier alpha value is -1.28. The van der Waals surface area contributed by atoms with Crippen molar-refractivity contribution < 1.29 is 4.57 Å². The SMILES string of the molecule is C[n+]1cc(Cl)cc(-c2ccc[nH]2)c1. The molecule has 0 amide bonds. The molecule has 0 atom stereocenters. The number of aromatic nitrogens is 2. The van der Waals surface area contributed by atoms with Crippen molar-refractivity contribution >= 4 is 11.6 Å². The van der Waals surface area contributed by atoms with Crippen LogP contribution >= 0.6 is 11.6 Å². The molecule has 0 aliphatic rings. The van der Waals surface area contributed by atoms with E-state index in [1.165, 1.54) is 0 Å². The van der Waals surface area contributed by atoms with Crippen LogP contribution in [-0.4, -0.2) is 4.98 Å². The van der Waals surface area contributed by atoms with Gasteiger partial charge in [-0.1, -0.05) is 11.6 Å². The van der Waals surface area contributed by atoms with Crippen LogP contribution in [0.2, 0.25) is 5.02 Å². The van der Waals surface area contributed by atoms with Crippen LogP contribution in [0.4, 0.5) is 0 Å². The predicted octanol–water partition coefficient (Wildman–Crippen LogP) is 2.16. The second kappa shape index (κ2) is 3.23. The average molecular weight is 194 g/mol. The Morgan fingerprint density at radius 2 is 2.23 bits per heavy atom. The van der Waals surface area contributed by atoms with Gasteiger partial charge in [-0.3, -0.25) is 0 Å². The lowest BCUT2D eigenvalue weighted by Crippen LogP contribution is -2.26. The van der Waals surface area contributed by atoms with Crippen LogP contribution in [-0.2, 0) is 7.05 Å². The summed E-state index contributed by atoms with van der Waals surface area (Å²) in [7, 11) is 1.96. The van der Waals surface area contributed by atoms with Gasteiger partial charge >= 0.3 is 0 Å². The molecule has 13 heavy (non-hydrogen) atoms. The normalized spacial score (nSPS) is 10.3. The van der Waals surface area contributed by atoms with Gasteiger partial charge in [0.05, 0.1) is 11.3 Å². The number of nitrogens with one attached hydrogen (secondary N) is 1. The summed E-state index contributed by atoms with van der Waals surface area (Å²) in [4.78, 5) is 3.14. The summed E-state index contributed by atoms with van der Waals surface area (Å²) in [6, 6.07) is 5.93. The van der Waals surface area contributed by atoms with E-state index in [9.17, 15) is 0 Å². The predicted molar refractivity (Wildman–Crippen MR) is 52.4 cm³/mol. The number of aryl methyl sites for hydroxylation is 1. The zero-order valence-electron chi connectivity index (χ0n) is 7.29. The molecule has 0 aliphatic heterocycles. The first-order chi connectivity index (χ1) is 6.25. The van der Waals surface area contributed by atoms with Crippen molar-refractivity contribution in [1.82, 2.24) is 4.98 Å². The van der Waals surface area contributed by atoms with Crippen LogP contribution in [0.1, 0.15) is 0 Å². The first-order valence-electron chi connectivity index (χ1n) is 4.05. The van der Waals surface area contributed by atoms with Gasteiger partial charge in [-0.15, -0.1) is 0 Å². The van der Waals surface area contributed by atoms with Crippen molar-refractivity contribution in [2.45, 2.75) is 0 Å². The summed E-state index contributed by atoms with van der Waals surface area (Å²) in [5.74, 6) is 0. The topological polar surface area (TPSA) is 19.7 Å². The maximum absolute atomic E-state index is 5.93. The van der Waals surface area contributed by atoms with Gasteiger partial charge in [0, 0.05) is 6.20 Å². The second-order valence-electron chi connectivity index (χ2n) is 2.99. The average Bonchev–Trinajstić information content (AvgIpc) is 2.53. The molecule has 2 aromatic rings. The first-order valence-corrected chi connectivity index (χ1v) is 4.43. The molecule has 0 aliphatic carbocycles. The molecule has 0 saturated heterocycles. The van der Waals surface area contributed by atoms with Gasteiger partial charge in [0.2, 0.25) is 0 Å². The van der Waals surface area contributed by atoms with Gasteiger partial charge in [0.1, 0.15) is 12.1 Å². The second-order valence-corrected chi connectivity index (χ2v) is 3.43. The number of hydrogen-bond donors (Lipinski definition) is 1. The van der Waals surface area contributed by atoms with E-state index in [1.807, 2.05) is 48.4 Å². The lowest BCUT2D eigenvalue weighted by atomic mass is 10.2. The van der Waals surface area contributed by atoms with Crippen molar-refractivity contribution in [2.75, 3.05) is 0 Å². The monoisotopic (exact) mass is 193 g/mol. The molecule has 0 aromatic carbocycles. The van der Waals surface area contributed by atoms with Crippen LogP contribution in [0, 0.1) is 0 Å². The number of pyridine rings is 1. The van der Waals surface area contributed by atoms with E-state index in [-0.39, 0.29) is 0 Å². The van der Waals surface area contributed by atoms with E-state index in [0.717, 1.165) is 16.3 Å². The Kier molecular flexibility index (Phi) is 2.07. The molecule has 0 radical (unpaired) electrons. The molecule has 2 aromatic heterocycles. The highest BCUT2D eigenvalue weighted by Crippen LogP contribution is 2.18. The zero-order chi connectivity index (χ0) is 9.26. The van der Waals surface area contributed by atoms with E-state index < -0.39 is 0 Å². The highest BCUT2D eigenvalue weighted by atomic mass is 35.5. The number of H-pyrrole nitrogens is 1. The Morgan fingerprint density at radius 1 is 1.38 bits per heavy atom. The minimum absolute atomic E-state index is 0.745. The molecule has 2 nitrogen and oxygen atoms in total. The maximum atomic E-state index is 5.93. The van der Waals surface area contributed by atoms with Crippen LogP contribution in [0.3, 0.4) is 0 Å². The smallest absolute Gasteiger partial charge is 0.187 e. The minimum Gasteiger partial charge on any atom is -0.361 e. The van der Waals surface area contributed by atoms with E-state index in [1.54, 1.807) is 0 Å². The number of aromatic amines is 1. The summed E-state index contributed by atoms with van der Waals surface area (Å²) >= 11 is 5.93. The number of rotatable bonds is 1. The molecule has 0 fully saturated rings. The molecular formula is C10H10ClN2+. The van der Waals surface area contributed by atoms with Crippen LogP contribution < -0.4 is 4.57 Å². The van der Waals surface area contributed by atoms with Crippen LogP contribution in [0.5, 0.6) is 0 Å². The molecule has 2 rings (SSSR count). The minimum atomic E-state index is 0.745.